The first-order chi connectivity index (χ1) is 7.13. The van der Waals surface area contributed by atoms with Crippen molar-refractivity contribution in [1.82, 2.24) is 9.61 Å². The summed E-state index contributed by atoms with van der Waals surface area (Å²) < 4.78 is 2.54. The van der Waals surface area contributed by atoms with Gasteiger partial charge < -0.3 is 10.8 Å². The number of hydrogen-bond acceptors (Lipinski definition) is 3. The molecule has 15 heavy (non-hydrogen) atoms. The van der Waals surface area contributed by atoms with Crippen LogP contribution in [0.5, 0.6) is 0 Å². The van der Waals surface area contributed by atoms with Crippen molar-refractivity contribution in [3.05, 3.63) is 34.1 Å². The number of aromatic nitrogens is 2. The Morgan fingerprint density at radius 3 is 3.07 bits per heavy atom. The summed E-state index contributed by atoms with van der Waals surface area (Å²) in [7, 11) is 0. The number of aliphatic hydroxyl groups is 1. The van der Waals surface area contributed by atoms with E-state index in [-0.39, 0.29) is 6.54 Å². The van der Waals surface area contributed by atoms with Crippen LogP contribution in [0.15, 0.2) is 22.8 Å². The normalized spacial score (nSPS) is 13.3. The van der Waals surface area contributed by atoms with Crippen molar-refractivity contribution >= 4 is 21.4 Å². The van der Waals surface area contributed by atoms with Gasteiger partial charge in [0.2, 0.25) is 0 Å². The molecule has 80 valence electrons. The van der Waals surface area contributed by atoms with E-state index in [2.05, 4.69) is 21.0 Å². The van der Waals surface area contributed by atoms with E-state index in [1.54, 1.807) is 4.52 Å². The molecule has 3 N–H and O–H groups in total. The van der Waals surface area contributed by atoms with Crippen molar-refractivity contribution in [3.8, 4) is 0 Å². The Morgan fingerprint density at radius 1 is 1.67 bits per heavy atom. The molecule has 2 aromatic rings. The molecule has 0 saturated carbocycles. The summed E-state index contributed by atoms with van der Waals surface area (Å²) in [5.41, 5.74) is 8.08. The van der Waals surface area contributed by atoms with Crippen LogP contribution in [0.3, 0.4) is 0 Å². The van der Waals surface area contributed by atoms with Crippen LogP contribution < -0.4 is 5.73 Å². The van der Waals surface area contributed by atoms with E-state index in [4.69, 9.17) is 5.73 Å². The number of nitrogens with zero attached hydrogens (tertiary/aromatic N) is 2. The molecule has 2 rings (SSSR count). The monoisotopic (exact) mass is 269 g/mol. The number of halogens is 1. The van der Waals surface area contributed by atoms with Gasteiger partial charge in [-0.1, -0.05) is 0 Å². The van der Waals surface area contributed by atoms with Gasteiger partial charge in [0.25, 0.3) is 0 Å². The molecule has 0 aliphatic carbocycles. The number of aliphatic hydroxyl groups excluding tert-OH is 1. The summed E-state index contributed by atoms with van der Waals surface area (Å²) in [6.07, 6.45) is 1.14. The summed E-state index contributed by atoms with van der Waals surface area (Å²) in [4.78, 5) is 0. The van der Waals surface area contributed by atoms with Crippen LogP contribution in [0.2, 0.25) is 0 Å². The lowest BCUT2D eigenvalue weighted by molar-refractivity contribution is 0.180. The van der Waals surface area contributed by atoms with Crippen LogP contribution in [0.25, 0.3) is 5.52 Å². The lowest BCUT2D eigenvalue weighted by Gasteiger charge is -2.02. The summed E-state index contributed by atoms with van der Waals surface area (Å²) >= 11 is 3.43. The standard InChI is InChI=1S/C10H12BrN3O/c1-6-2-3-14-7(4-6)9(11)10(13-14)8(15)5-12/h2-4,8,15H,5,12H2,1H3. The Bertz CT molecular complexity index is 495. The molecule has 0 saturated heterocycles. The highest BCUT2D eigenvalue weighted by Crippen LogP contribution is 2.27. The highest BCUT2D eigenvalue weighted by atomic mass is 79.9. The van der Waals surface area contributed by atoms with Gasteiger partial charge in [0, 0.05) is 12.7 Å². The predicted octanol–water partition coefficient (Wildman–Crippen LogP) is 1.40. The summed E-state index contributed by atoms with van der Waals surface area (Å²) in [5.74, 6) is 0. The van der Waals surface area contributed by atoms with Gasteiger partial charge in [-0.3, -0.25) is 0 Å². The van der Waals surface area contributed by atoms with Crippen molar-refractivity contribution in [2.75, 3.05) is 6.54 Å². The topological polar surface area (TPSA) is 63.5 Å². The van der Waals surface area contributed by atoms with Gasteiger partial charge in [-0.15, -0.1) is 0 Å². The fourth-order valence-electron chi connectivity index (χ4n) is 1.47. The van der Waals surface area contributed by atoms with Gasteiger partial charge in [-0.2, -0.15) is 5.10 Å². The van der Waals surface area contributed by atoms with Crippen LogP contribution in [0.4, 0.5) is 0 Å². The van der Waals surface area contributed by atoms with Gasteiger partial charge in [0.15, 0.2) is 0 Å². The van der Waals surface area contributed by atoms with E-state index in [0.29, 0.717) is 5.69 Å². The number of aryl methyl sites for hydroxylation is 1. The number of nitrogens with two attached hydrogens (primary N) is 1. The first-order valence-corrected chi connectivity index (χ1v) is 5.45. The number of rotatable bonds is 2. The Kier molecular flexibility index (Phi) is 2.77. The molecule has 0 aliphatic heterocycles. The molecule has 1 atom stereocenters. The molecule has 0 aromatic carbocycles. The zero-order valence-corrected chi connectivity index (χ0v) is 9.90. The number of fused-ring (bicyclic) bond motifs is 1. The van der Waals surface area contributed by atoms with E-state index in [9.17, 15) is 5.11 Å². The number of pyridine rings is 1. The molecule has 0 spiro atoms. The fraction of sp³-hybridized carbons (Fsp3) is 0.300. The number of hydrogen-bond donors (Lipinski definition) is 2. The van der Waals surface area contributed by atoms with E-state index in [1.807, 2.05) is 25.3 Å². The SMILES string of the molecule is Cc1ccn2nc(C(O)CN)c(Br)c2c1. The third-order valence-electron chi connectivity index (χ3n) is 2.29. The average Bonchev–Trinajstić information content (AvgIpc) is 2.55. The molecule has 0 fully saturated rings. The highest BCUT2D eigenvalue weighted by Gasteiger charge is 2.16. The molecule has 0 aliphatic rings. The summed E-state index contributed by atoms with van der Waals surface area (Å²) in [6, 6.07) is 3.97. The molecular weight excluding hydrogens is 258 g/mol. The second-order valence-electron chi connectivity index (χ2n) is 3.48. The van der Waals surface area contributed by atoms with Crippen molar-refractivity contribution in [1.29, 1.82) is 0 Å². The minimum Gasteiger partial charge on any atom is -0.385 e. The molecular formula is C10H12BrN3O. The largest absolute Gasteiger partial charge is 0.385 e. The lowest BCUT2D eigenvalue weighted by atomic mass is 10.2. The van der Waals surface area contributed by atoms with Gasteiger partial charge >= 0.3 is 0 Å². The van der Waals surface area contributed by atoms with Crippen LogP contribution in [-0.2, 0) is 0 Å². The molecule has 0 amide bonds. The van der Waals surface area contributed by atoms with Crippen LogP contribution in [0, 0.1) is 6.92 Å². The quantitative estimate of drug-likeness (QED) is 0.867. The maximum absolute atomic E-state index is 9.65. The molecule has 4 nitrogen and oxygen atoms in total. The third kappa shape index (κ3) is 1.78. The average molecular weight is 270 g/mol. The van der Waals surface area contributed by atoms with Crippen molar-refractivity contribution in [2.24, 2.45) is 5.73 Å². The molecule has 0 radical (unpaired) electrons. The Hall–Kier alpha value is -0.910. The third-order valence-corrected chi connectivity index (χ3v) is 3.11. The van der Waals surface area contributed by atoms with Gasteiger partial charge in [-0.25, -0.2) is 4.52 Å². The smallest absolute Gasteiger partial charge is 0.111 e. The first-order valence-electron chi connectivity index (χ1n) is 4.66. The zero-order valence-electron chi connectivity index (χ0n) is 8.31. The van der Waals surface area contributed by atoms with Crippen molar-refractivity contribution < 1.29 is 5.11 Å². The Balaban J connectivity index is 2.64. The van der Waals surface area contributed by atoms with Gasteiger partial charge in [0.05, 0.1) is 9.99 Å². The van der Waals surface area contributed by atoms with Crippen molar-refractivity contribution in [3.63, 3.8) is 0 Å². The van der Waals surface area contributed by atoms with Gasteiger partial charge in [0.1, 0.15) is 11.8 Å². The second kappa shape index (κ2) is 3.92. The minimum absolute atomic E-state index is 0.168. The molecule has 2 aromatic heterocycles. The second-order valence-corrected chi connectivity index (χ2v) is 4.28. The minimum atomic E-state index is -0.723. The van der Waals surface area contributed by atoms with Crippen LogP contribution >= 0.6 is 15.9 Å². The van der Waals surface area contributed by atoms with E-state index < -0.39 is 6.10 Å². The van der Waals surface area contributed by atoms with E-state index >= 15 is 0 Å². The van der Waals surface area contributed by atoms with E-state index in [0.717, 1.165) is 15.6 Å². The van der Waals surface area contributed by atoms with Gasteiger partial charge in [-0.05, 0) is 40.5 Å². The lowest BCUT2D eigenvalue weighted by Crippen LogP contribution is -2.12. The highest BCUT2D eigenvalue weighted by molar-refractivity contribution is 9.10. The summed E-state index contributed by atoms with van der Waals surface area (Å²) in [5, 5.41) is 13.9. The Morgan fingerprint density at radius 2 is 2.40 bits per heavy atom. The molecule has 0 bridgehead atoms. The summed E-state index contributed by atoms with van der Waals surface area (Å²) in [6.45, 7) is 2.18. The molecule has 2 heterocycles. The predicted molar refractivity (Wildman–Crippen MR) is 61.6 cm³/mol. The van der Waals surface area contributed by atoms with Crippen LogP contribution in [-0.4, -0.2) is 21.3 Å². The first kappa shape index (κ1) is 10.6. The maximum atomic E-state index is 9.65. The zero-order chi connectivity index (χ0) is 11.0. The maximum Gasteiger partial charge on any atom is 0.111 e. The van der Waals surface area contributed by atoms with Crippen LogP contribution in [0.1, 0.15) is 17.4 Å². The van der Waals surface area contributed by atoms with Crippen molar-refractivity contribution in [2.45, 2.75) is 13.0 Å². The molecule has 1 unspecified atom stereocenters. The molecule has 5 heteroatoms. The Labute approximate surface area is 95.8 Å². The van der Waals surface area contributed by atoms with E-state index in [1.165, 1.54) is 0 Å². The fourth-order valence-corrected chi connectivity index (χ4v) is 2.10.